The van der Waals surface area contributed by atoms with Gasteiger partial charge < -0.3 is 20.5 Å². The lowest BCUT2D eigenvalue weighted by Crippen LogP contribution is -2.52. The van der Waals surface area contributed by atoms with Crippen LogP contribution >= 0.6 is 12.4 Å². The second-order valence-corrected chi connectivity index (χ2v) is 5.75. The van der Waals surface area contributed by atoms with Gasteiger partial charge >= 0.3 is 5.97 Å². The fourth-order valence-corrected chi connectivity index (χ4v) is 2.74. The number of benzene rings is 1. The second-order valence-electron chi connectivity index (χ2n) is 5.75. The van der Waals surface area contributed by atoms with Crippen molar-refractivity contribution in [3.63, 3.8) is 0 Å². The van der Waals surface area contributed by atoms with Crippen LogP contribution < -0.4 is 11.1 Å². The van der Waals surface area contributed by atoms with E-state index in [1.165, 1.54) is 7.11 Å². The van der Waals surface area contributed by atoms with Gasteiger partial charge in [0.2, 0.25) is 5.91 Å². The molecule has 1 fully saturated rings. The third kappa shape index (κ3) is 5.78. The molecule has 3 N–H and O–H groups in total. The van der Waals surface area contributed by atoms with Crippen molar-refractivity contribution in [2.45, 2.75) is 31.3 Å². The van der Waals surface area contributed by atoms with Crippen molar-refractivity contribution in [2.75, 3.05) is 20.3 Å². The SMILES string of the molecule is COC(=O)C(Cc1ccccc1)NC(=O)C(N)C1CCOCC1.Cl. The first kappa shape index (κ1) is 20.4. The molecule has 134 valence electrons. The van der Waals surface area contributed by atoms with Crippen molar-refractivity contribution < 1.29 is 19.1 Å². The highest BCUT2D eigenvalue weighted by Gasteiger charge is 2.30. The molecule has 1 aromatic carbocycles. The lowest BCUT2D eigenvalue weighted by Gasteiger charge is -2.28. The van der Waals surface area contributed by atoms with Crippen molar-refractivity contribution in [3.05, 3.63) is 35.9 Å². The maximum absolute atomic E-state index is 12.4. The van der Waals surface area contributed by atoms with Crippen molar-refractivity contribution in [3.8, 4) is 0 Å². The summed E-state index contributed by atoms with van der Waals surface area (Å²) in [5.41, 5.74) is 7.00. The van der Waals surface area contributed by atoms with Crippen LogP contribution in [-0.2, 0) is 25.5 Å². The van der Waals surface area contributed by atoms with Gasteiger partial charge in [-0.05, 0) is 24.3 Å². The summed E-state index contributed by atoms with van der Waals surface area (Å²) in [4.78, 5) is 24.3. The predicted molar refractivity (Wildman–Crippen MR) is 92.9 cm³/mol. The van der Waals surface area contributed by atoms with Crippen LogP contribution in [0.2, 0.25) is 0 Å². The predicted octanol–water partition coefficient (Wildman–Crippen LogP) is 1.06. The fraction of sp³-hybridized carbons (Fsp3) is 0.529. The Labute approximate surface area is 148 Å². The molecule has 0 saturated carbocycles. The molecule has 0 bridgehead atoms. The first-order valence-electron chi connectivity index (χ1n) is 7.87. The molecule has 0 aromatic heterocycles. The Morgan fingerprint density at radius 1 is 1.29 bits per heavy atom. The normalized spacial score (nSPS) is 17.2. The Bertz CT molecular complexity index is 521. The minimum absolute atomic E-state index is 0. The molecule has 1 amide bonds. The monoisotopic (exact) mass is 356 g/mol. The van der Waals surface area contributed by atoms with Crippen LogP contribution in [0, 0.1) is 5.92 Å². The molecule has 2 atom stereocenters. The van der Waals surface area contributed by atoms with Crippen molar-refractivity contribution in [2.24, 2.45) is 11.7 Å². The number of esters is 1. The Morgan fingerprint density at radius 3 is 2.50 bits per heavy atom. The van der Waals surface area contributed by atoms with E-state index >= 15 is 0 Å². The van der Waals surface area contributed by atoms with Gasteiger partial charge in [0.15, 0.2) is 0 Å². The molecule has 1 aliphatic rings. The van der Waals surface area contributed by atoms with Gasteiger partial charge in [0, 0.05) is 19.6 Å². The average Bonchev–Trinajstić information content (AvgIpc) is 2.61. The lowest BCUT2D eigenvalue weighted by atomic mass is 9.91. The van der Waals surface area contributed by atoms with Crippen LogP contribution in [0.4, 0.5) is 0 Å². The molecular formula is C17H25ClN2O4. The van der Waals surface area contributed by atoms with E-state index in [0.717, 1.165) is 18.4 Å². The molecule has 1 aromatic rings. The molecule has 0 aliphatic carbocycles. The van der Waals surface area contributed by atoms with E-state index in [2.05, 4.69) is 5.32 Å². The largest absolute Gasteiger partial charge is 0.467 e. The molecule has 2 unspecified atom stereocenters. The van der Waals surface area contributed by atoms with Gasteiger partial charge in [0.25, 0.3) is 0 Å². The number of halogens is 1. The maximum Gasteiger partial charge on any atom is 0.328 e. The van der Waals surface area contributed by atoms with Gasteiger partial charge in [-0.2, -0.15) is 0 Å². The molecule has 0 spiro atoms. The highest BCUT2D eigenvalue weighted by atomic mass is 35.5. The summed E-state index contributed by atoms with van der Waals surface area (Å²) in [6.07, 6.45) is 1.89. The summed E-state index contributed by atoms with van der Waals surface area (Å²) in [7, 11) is 1.31. The second kappa shape index (κ2) is 10.3. The van der Waals surface area contributed by atoms with Crippen molar-refractivity contribution >= 4 is 24.3 Å². The number of ether oxygens (including phenoxy) is 2. The van der Waals surface area contributed by atoms with E-state index in [9.17, 15) is 9.59 Å². The van der Waals surface area contributed by atoms with E-state index in [4.69, 9.17) is 15.2 Å². The van der Waals surface area contributed by atoms with E-state index in [1.807, 2.05) is 30.3 Å². The highest BCUT2D eigenvalue weighted by Crippen LogP contribution is 2.18. The minimum atomic E-state index is -0.735. The number of amides is 1. The van der Waals surface area contributed by atoms with Crippen LogP contribution in [-0.4, -0.2) is 44.3 Å². The van der Waals surface area contributed by atoms with Gasteiger partial charge in [-0.15, -0.1) is 12.4 Å². The van der Waals surface area contributed by atoms with E-state index in [0.29, 0.717) is 19.6 Å². The minimum Gasteiger partial charge on any atom is -0.467 e. The molecule has 24 heavy (non-hydrogen) atoms. The van der Waals surface area contributed by atoms with Crippen LogP contribution in [0.1, 0.15) is 18.4 Å². The molecule has 0 radical (unpaired) electrons. The standard InChI is InChI=1S/C17H24N2O4.ClH/c1-22-17(21)14(11-12-5-3-2-4-6-12)19-16(20)15(18)13-7-9-23-10-8-13;/h2-6,13-15H,7-11,18H2,1H3,(H,19,20);1H. The van der Waals surface area contributed by atoms with Crippen molar-refractivity contribution in [1.82, 2.24) is 5.32 Å². The summed E-state index contributed by atoms with van der Waals surface area (Å²) in [5.74, 6) is -0.705. The zero-order valence-electron chi connectivity index (χ0n) is 13.8. The van der Waals surface area contributed by atoms with Gasteiger partial charge in [0.1, 0.15) is 6.04 Å². The van der Waals surface area contributed by atoms with Crippen LogP contribution in [0.25, 0.3) is 0 Å². The summed E-state index contributed by atoms with van der Waals surface area (Å²) >= 11 is 0. The summed E-state index contributed by atoms with van der Waals surface area (Å²) in [6.45, 7) is 1.24. The van der Waals surface area contributed by atoms with Crippen LogP contribution in [0.5, 0.6) is 0 Å². The third-order valence-electron chi connectivity index (χ3n) is 4.16. The number of nitrogens with two attached hydrogens (primary N) is 1. The molecular weight excluding hydrogens is 332 g/mol. The summed E-state index contributed by atoms with van der Waals surface area (Å²) in [6, 6.07) is 8.11. The van der Waals surface area contributed by atoms with E-state index in [-0.39, 0.29) is 24.2 Å². The van der Waals surface area contributed by atoms with Gasteiger partial charge in [-0.3, -0.25) is 4.79 Å². The number of carbonyl (C=O) groups is 2. The Kier molecular flexibility index (Phi) is 8.74. The van der Waals surface area contributed by atoms with E-state index in [1.54, 1.807) is 0 Å². The van der Waals surface area contributed by atoms with Crippen LogP contribution in [0.3, 0.4) is 0 Å². The molecule has 1 aliphatic heterocycles. The first-order valence-corrected chi connectivity index (χ1v) is 7.87. The van der Waals surface area contributed by atoms with Gasteiger partial charge in [-0.1, -0.05) is 30.3 Å². The Hall–Kier alpha value is -1.63. The summed E-state index contributed by atoms with van der Waals surface area (Å²) in [5, 5.41) is 2.73. The maximum atomic E-state index is 12.4. The number of hydrogen-bond acceptors (Lipinski definition) is 5. The fourth-order valence-electron chi connectivity index (χ4n) is 2.74. The lowest BCUT2D eigenvalue weighted by molar-refractivity contribution is -0.145. The zero-order valence-corrected chi connectivity index (χ0v) is 14.6. The number of rotatable bonds is 6. The quantitative estimate of drug-likeness (QED) is 0.744. The molecule has 6 nitrogen and oxygen atoms in total. The Morgan fingerprint density at radius 2 is 1.92 bits per heavy atom. The smallest absolute Gasteiger partial charge is 0.328 e. The number of nitrogens with one attached hydrogen (secondary N) is 1. The summed E-state index contributed by atoms with van der Waals surface area (Å²) < 4.78 is 10.1. The van der Waals surface area contributed by atoms with E-state index < -0.39 is 18.1 Å². The Balaban J connectivity index is 0.00000288. The van der Waals surface area contributed by atoms with Gasteiger partial charge in [0.05, 0.1) is 13.2 Å². The molecule has 2 rings (SSSR count). The molecule has 1 saturated heterocycles. The third-order valence-corrected chi connectivity index (χ3v) is 4.16. The number of carbonyl (C=O) groups excluding carboxylic acids is 2. The highest BCUT2D eigenvalue weighted by molar-refractivity contribution is 5.87. The average molecular weight is 357 g/mol. The zero-order chi connectivity index (χ0) is 16.7. The molecule has 7 heteroatoms. The number of methoxy groups -OCH3 is 1. The van der Waals surface area contributed by atoms with Gasteiger partial charge in [-0.25, -0.2) is 4.79 Å². The van der Waals surface area contributed by atoms with Crippen LogP contribution in [0.15, 0.2) is 30.3 Å². The topological polar surface area (TPSA) is 90.7 Å². The molecule has 1 heterocycles. The first-order chi connectivity index (χ1) is 11.1. The van der Waals surface area contributed by atoms with Crippen molar-refractivity contribution in [1.29, 1.82) is 0 Å². The number of hydrogen-bond donors (Lipinski definition) is 2.